The highest BCUT2D eigenvalue weighted by Crippen LogP contribution is 2.27. The summed E-state index contributed by atoms with van der Waals surface area (Å²) in [7, 11) is 0. The van der Waals surface area contributed by atoms with Crippen molar-refractivity contribution in [1.82, 2.24) is 5.32 Å². The maximum Gasteiger partial charge on any atom is 0.338 e. The van der Waals surface area contributed by atoms with E-state index in [2.05, 4.69) is 10.6 Å². The van der Waals surface area contributed by atoms with Crippen molar-refractivity contribution in [3.05, 3.63) is 29.6 Å². The Balaban J connectivity index is 1.99. The summed E-state index contributed by atoms with van der Waals surface area (Å²) in [5.41, 5.74) is -0.420. The zero-order valence-corrected chi connectivity index (χ0v) is 11.9. The second-order valence-electron chi connectivity index (χ2n) is 5.70. The molecule has 1 saturated carbocycles. The van der Waals surface area contributed by atoms with E-state index in [0.29, 0.717) is 0 Å². The summed E-state index contributed by atoms with van der Waals surface area (Å²) in [6.07, 6.45) is 5.19. The molecule has 6 heteroatoms. The molecule has 2 amide bonds. The van der Waals surface area contributed by atoms with Crippen molar-refractivity contribution < 1.29 is 19.1 Å². The van der Waals surface area contributed by atoms with Gasteiger partial charge in [0.05, 0.1) is 5.56 Å². The van der Waals surface area contributed by atoms with Crippen molar-refractivity contribution in [1.29, 1.82) is 0 Å². The maximum atomic E-state index is 13.5. The fourth-order valence-corrected chi connectivity index (χ4v) is 2.66. The summed E-state index contributed by atoms with van der Waals surface area (Å²) < 4.78 is 13.5. The molecular weight excluding hydrogens is 275 g/mol. The lowest BCUT2D eigenvalue weighted by Gasteiger charge is -2.34. The molecule has 5 nitrogen and oxygen atoms in total. The van der Waals surface area contributed by atoms with E-state index < -0.39 is 23.4 Å². The van der Waals surface area contributed by atoms with Gasteiger partial charge in [-0.25, -0.2) is 14.0 Å². The monoisotopic (exact) mass is 294 g/mol. The van der Waals surface area contributed by atoms with E-state index >= 15 is 0 Å². The van der Waals surface area contributed by atoms with Crippen LogP contribution in [0.2, 0.25) is 0 Å². The van der Waals surface area contributed by atoms with Gasteiger partial charge in [-0.3, -0.25) is 0 Å². The molecule has 0 saturated heterocycles. The highest BCUT2D eigenvalue weighted by molar-refractivity contribution is 5.92. The van der Waals surface area contributed by atoms with Crippen LogP contribution in [0, 0.1) is 5.82 Å². The molecule has 2 rings (SSSR count). The van der Waals surface area contributed by atoms with Crippen LogP contribution in [0.25, 0.3) is 0 Å². The minimum Gasteiger partial charge on any atom is -0.478 e. The number of carboxylic acids is 1. The first-order valence-electron chi connectivity index (χ1n) is 7.02. The first kappa shape index (κ1) is 15.3. The maximum absolute atomic E-state index is 13.5. The number of nitrogens with one attached hydrogen (secondary N) is 2. The van der Waals surface area contributed by atoms with Gasteiger partial charge < -0.3 is 15.7 Å². The summed E-state index contributed by atoms with van der Waals surface area (Å²) in [4.78, 5) is 22.7. The van der Waals surface area contributed by atoms with Gasteiger partial charge in [-0.2, -0.15) is 0 Å². The van der Waals surface area contributed by atoms with Crippen LogP contribution < -0.4 is 10.6 Å². The van der Waals surface area contributed by atoms with Gasteiger partial charge >= 0.3 is 12.0 Å². The third-order valence-corrected chi connectivity index (χ3v) is 3.83. The Labute approximate surface area is 122 Å². The molecule has 0 aromatic heterocycles. The van der Waals surface area contributed by atoms with Gasteiger partial charge in [0.15, 0.2) is 0 Å². The van der Waals surface area contributed by atoms with Gasteiger partial charge in [-0.1, -0.05) is 19.3 Å². The number of carbonyl (C=O) groups is 2. The van der Waals surface area contributed by atoms with Crippen LogP contribution in [-0.4, -0.2) is 22.6 Å². The van der Waals surface area contributed by atoms with Gasteiger partial charge in [0.2, 0.25) is 0 Å². The molecular formula is C15H19FN2O3. The van der Waals surface area contributed by atoms with Gasteiger partial charge in [-0.15, -0.1) is 0 Å². The predicted octanol–water partition coefficient (Wildman–Crippen LogP) is 3.37. The van der Waals surface area contributed by atoms with Crippen LogP contribution >= 0.6 is 0 Å². The highest BCUT2D eigenvalue weighted by atomic mass is 19.1. The number of aromatic carboxylic acids is 1. The lowest BCUT2D eigenvalue weighted by atomic mass is 9.83. The molecule has 0 bridgehead atoms. The van der Waals surface area contributed by atoms with Crippen LogP contribution in [0.5, 0.6) is 0 Å². The Hall–Kier alpha value is -2.11. The van der Waals surface area contributed by atoms with E-state index in [9.17, 15) is 14.0 Å². The molecule has 1 fully saturated rings. The minimum atomic E-state index is -1.33. The molecule has 3 N–H and O–H groups in total. The standard InChI is InChI=1S/C15H19FN2O3/c1-15(7-3-2-4-8-15)18-14(21)17-10-5-6-11(13(19)20)12(16)9-10/h5-6,9H,2-4,7-8H2,1H3,(H,19,20)(H2,17,18,21). The first-order valence-corrected chi connectivity index (χ1v) is 7.02. The molecule has 0 atom stereocenters. The summed E-state index contributed by atoms with van der Waals surface area (Å²) in [5, 5.41) is 14.2. The number of amides is 2. The van der Waals surface area contributed by atoms with Gasteiger partial charge in [0.25, 0.3) is 0 Å². The topological polar surface area (TPSA) is 78.4 Å². The Morgan fingerprint density at radius 2 is 1.90 bits per heavy atom. The molecule has 1 aliphatic rings. The van der Waals surface area contributed by atoms with E-state index in [0.717, 1.165) is 37.8 Å². The quantitative estimate of drug-likeness (QED) is 0.799. The Kier molecular flexibility index (Phi) is 4.45. The molecule has 114 valence electrons. The van der Waals surface area contributed by atoms with Crippen LogP contribution in [0.1, 0.15) is 49.4 Å². The van der Waals surface area contributed by atoms with Gasteiger partial charge in [0.1, 0.15) is 5.82 Å². The zero-order valence-electron chi connectivity index (χ0n) is 11.9. The number of halogens is 1. The molecule has 21 heavy (non-hydrogen) atoms. The number of hydrogen-bond acceptors (Lipinski definition) is 2. The number of benzene rings is 1. The average Bonchev–Trinajstić information content (AvgIpc) is 2.38. The summed E-state index contributed by atoms with van der Waals surface area (Å²) in [6, 6.07) is 3.11. The summed E-state index contributed by atoms with van der Waals surface area (Å²) in [5.74, 6) is -2.21. The molecule has 1 aromatic carbocycles. The van der Waals surface area contributed by atoms with E-state index in [4.69, 9.17) is 5.11 Å². The second kappa shape index (κ2) is 6.11. The van der Waals surface area contributed by atoms with E-state index in [1.165, 1.54) is 12.5 Å². The molecule has 0 aliphatic heterocycles. The fourth-order valence-electron chi connectivity index (χ4n) is 2.66. The van der Waals surface area contributed by atoms with Crippen LogP contribution in [0.3, 0.4) is 0 Å². The minimum absolute atomic E-state index is 0.231. The fraction of sp³-hybridized carbons (Fsp3) is 0.467. The molecule has 1 aliphatic carbocycles. The normalized spacial score (nSPS) is 17.0. The number of carboxylic acid groups (broad SMARTS) is 1. The van der Waals surface area contributed by atoms with E-state index in [1.807, 2.05) is 6.92 Å². The van der Waals surface area contributed by atoms with Gasteiger partial charge in [-0.05, 0) is 38.0 Å². The van der Waals surface area contributed by atoms with Crippen LogP contribution in [0.15, 0.2) is 18.2 Å². The molecule has 0 heterocycles. The first-order chi connectivity index (χ1) is 9.89. The van der Waals surface area contributed by atoms with Crippen molar-refractivity contribution in [3.8, 4) is 0 Å². The van der Waals surface area contributed by atoms with E-state index in [-0.39, 0.29) is 11.2 Å². The van der Waals surface area contributed by atoms with Gasteiger partial charge in [0, 0.05) is 11.2 Å². The number of rotatable bonds is 3. The third-order valence-electron chi connectivity index (χ3n) is 3.83. The highest BCUT2D eigenvalue weighted by Gasteiger charge is 2.28. The van der Waals surface area contributed by atoms with Crippen molar-refractivity contribution in [2.75, 3.05) is 5.32 Å². The SMILES string of the molecule is CC1(NC(=O)Nc2ccc(C(=O)O)c(F)c2)CCCCC1. The van der Waals surface area contributed by atoms with Crippen molar-refractivity contribution in [2.45, 2.75) is 44.6 Å². The van der Waals surface area contributed by atoms with Crippen LogP contribution in [-0.2, 0) is 0 Å². The smallest absolute Gasteiger partial charge is 0.338 e. The van der Waals surface area contributed by atoms with Crippen LogP contribution in [0.4, 0.5) is 14.9 Å². The number of urea groups is 1. The Morgan fingerprint density at radius 3 is 2.48 bits per heavy atom. The lowest BCUT2D eigenvalue weighted by molar-refractivity contribution is 0.0692. The Bertz CT molecular complexity index is 554. The Morgan fingerprint density at radius 1 is 1.24 bits per heavy atom. The average molecular weight is 294 g/mol. The second-order valence-corrected chi connectivity index (χ2v) is 5.70. The third kappa shape index (κ3) is 3.93. The summed E-state index contributed by atoms with van der Waals surface area (Å²) >= 11 is 0. The predicted molar refractivity (Wildman–Crippen MR) is 77.0 cm³/mol. The molecule has 0 unspecified atom stereocenters. The molecule has 0 radical (unpaired) electrons. The molecule has 1 aromatic rings. The zero-order chi connectivity index (χ0) is 15.5. The lowest BCUT2D eigenvalue weighted by Crippen LogP contribution is -2.48. The number of anilines is 1. The number of carbonyl (C=O) groups excluding carboxylic acids is 1. The molecule has 0 spiro atoms. The van der Waals surface area contributed by atoms with Crippen molar-refractivity contribution in [3.63, 3.8) is 0 Å². The number of hydrogen-bond donors (Lipinski definition) is 3. The van der Waals surface area contributed by atoms with E-state index in [1.54, 1.807) is 0 Å². The largest absolute Gasteiger partial charge is 0.478 e. The van der Waals surface area contributed by atoms with Crippen molar-refractivity contribution >= 4 is 17.7 Å². The summed E-state index contributed by atoms with van der Waals surface area (Å²) in [6.45, 7) is 2.00. The van der Waals surface area contributed by atoms with Crippen molar-refractivity contribution in [2.24, 2.45) is 0 Å².